The SMILES string of the molecule is Clc1ccc(CCCN2CCc3cccc(Cl)c3C2)cc1. The molecule has 1 aliphatic heterocycles. The summed E-state index contributed by atoms with van der Waals surface area (Å²) in [5, 5.41) is 1.72. The first-order valence-corrected chi connectivity index (χ1v) is 8.21. The number of halogens is 2. The third kappa shape index (κ3) is 3.79. The Labute approximate surface area is 136 Å². The van der Waals surface area contributed by atoms with E-state index in [1.54, 1.807) is 0 Å². The van der Waals surface area contributed by atoms with Crippen molar-refractivity contribution < 1.29 is 0 Å². The van der Waals surface area contributed by atoms with Gasteiger partial charge in [0, 0.05) is 23.1 Å². The van der Waals surface area contributed by atoms with Gasteiger partial charge >= 0.3 is 0 Å². The summed E-state index contributed by atoms with van der Waals surface area (Å²) < 4.78 is 0. The summed E-state index contributed by atoms with van der Waals surface area (Å²) in [6.07, 6.45) is 3.38. The molecular weight excluding hydrogens is 301 g/mol. The van der Waals surface area contributed by atoms with E-state index in [1.165, 1.54) is 23.1 Å². The molecule has 0 radical (unpaired) electrons. The zero-order valence-electron chi connectivity index (χ0n) is 12.0. The molecule has 0 unspecified atom stereocenters. The summed E-state index contributed by atoms with van der Waals surface area (Å²) >= 11 is 12.2. The molecule has 110 valence electrons. The lowest BCUT2D eigenvalue weighted by molar-refractivity contribution is 0.251. The number of hydrogen-bond donors (Lipinski definition) is 0. The van der Waals surface area contributed by atoms with Crippen LogP contribution in [0.15, 0.2) is 42.5 Å². The lowest BCUT2D eigenvalue weighted by Crippen LogP contribution is -2.31. The average Bonchev–Trinajstić information content (AvgIpc) is 2.50. The molecule has 0 amide bonds. The Morgan fingerprint density at radius 1 is 1.00 bits per heavy atom. The maximum absolute atomic E-state index is 6.31. The highest BCUT2D eigenvalue weighted by Crippen LogP contribution is 2.26. The first-order valence-electron chi connectivity index (χ1n) is 7.45. The van der Waals surface area contributed by atoms with Crippen LogP contribution in [0, 0.1) is 0 Å². The Morgan fingerprint density at radius 2 is 1.81 bits per heavy atom. The lowest BCUT2D eigenvalue weighted by Gasteiger charge is -2.29. The highest BCUT2D eigenvalue weighted by atomic mass is 35.5. The predicted octanol–water partition coefficient (Wildman–Crippen LogP) is 4.98. The van der Waals surface area contributed by atoms with Crippen molar-refractivity contribution >= 4 is 23.2 Å². The van der Waals surface area contributed by atoms with Crippen molar-refractivity contribution in [2.24, 2.45) is 0 Å². The molecule has 0 fully saturated rings. The van der Waals surface area contributed by atoms with E-state index in [0.717, 1.165) is 42.5 Å². The molecule has 0 bridgehead atoms. The largest absolute Gasteiger partial charge is 0.299 e. The zero-order chi connectivity index (χ0) is 14.7. The molecule has 1 nitrogen and oxygen atoms in total. The molecule has 3 rings (SSSR count). The van der Waals surface area contributed by atoms with Gasteiger partial charge in [0.2, 0.25) is 0 Å². The van der Waals surface area contributed by atoms with Gasteiger partial charge in [0.15, 0.2) is 0 Å². The maximum Gasteiger partial charge on any atom is 0.0453 e. The molecule has 0 spiro atoms. The minimum atomic E-state index is 0.807. The van der Waals surface area contributed by atoms with E-state index in [4.69, 9.17) is 23.2 Å². The number of hydrogen-bond acceptors (Lipinski definition) is 1. The maximum atomic E-state index is 6.31. The first-order chi connectivity index (χ1) is 10.2. The number of rotatable bonds is 4. The van der Waals surface area contributed by atoms with Crippen LogP contribution in [0.4, 0.5) is 0 Å². The normalized spacial score (nSPS) is 15.0. The highest BCUT2D eigenvalue weighted by Gasteiger charge is 2.17. The molecule has 21 heavy (non-hydrogen) atoms. The Kier molecular flexibility index (Phi) is 4.84. The number of benzene rings is 2. The van der Waals surface area contributed by atoms with Crippen LogP contribution >= 0.6 is 23.2 Å². The second-order valence-electron chi connectivity index (χ2n) is 5.63. The van der Waals surface area contributed by atoms with Gasteiger partial charge in [0.1, 0.15) is 0 Å². The van der Waals surface area contributed by atoms with E-state index < -0.39 is 0 Å². The zero-order valence-corrected chi connectivity index (χ0v) is 13.5. The van der Waals surface area contributed by atoms with Crippen LogP contribution in [0.3, 0.4) is 0 Å². The minimum Gasteiger partial charge on any atom is -0.299 e. The summed E-state index contributed by atoms with van der Waals surface area (Å²) in [6, 6.07) is 14.4. The summed E-state index contributed by atoms with van der Waals surface area (Å²) in [5.74, 6) is 0. The molecule has 3 heteroatoms. The van der Waals surface area contributed by atoms with Crippen LogP contribution in [-0.2, 0) is 19.4 Å². The number of aryl methyl sites for hydroxylation is 1. The molecule has 1 aliphatic rings. The Balaban J connectivity index is 1.53. The van der Waals surface area contributed by atoms with Crippen molar-refractivity contribution in [3.8, 4) is 0 Å². The Morgan fingerprint density at radius 3 is 2.62 bits per heavy atom. The fourth-order valence-corrected chi connectivity index (χ4v) is 3.32. The first kappa shape index (κ1) is 14.9. The van der Waals surface area contributed by atoms with E-state index in [-0.39, 0.29) is 0 Å². The van der Waals surface area contributed by atoms with E-state index in [2.05, 4.69) is 29.2 Å². The smallest absolute Gasteiger partial charge is 0.0453 e. The van der Waals surface area contributed by atoms with Gasteiger partial charge < -0.3 is 0 Å². The fourth-order valence-electron chi connectivity index (χ4n) is 2.94. The standard InChI is InChI=1S/C18H19Cl2N/c19-16-8-6-14(7-9-16)3-2-11-21-12-10-15-4-1-5-18(20)17(15)13-21/h1,4-9H,2-3,10-13H2. The van der Waals surface area contributed by atoms with Crippen molar-refractivity contribution in [2.75, 3.05) is 13.1 Å². The van der Waals surface area contributed by atoms with E-state index >= 15 is 0 Å². The van der Waals surface area contributed by atoms with Gasteiger partial charge in [-0.3, -0.25) is 4.90 Å². The molecule has 2 aromatic rings. The quantitative estimate of drug-likeness (QED) is 0.767. The van der Waals surface area contributed by atoms with Crippen LogP contribution in [-0.4, -0.2) is 18.0 Å². The number of nitrogens with zero attached hydrogens (tertiary/aromatic N) is 1. The minimum absolute atomic E-state index is 0.807. The van der Waals surface area contributed by atoms with Gasteiger partial charge in [-0.25, -0.2) is 0 Å². The molecule has 0 N–H and O–H groups in total. The lowest BCUT2D eigenvalue weighted by atomic mass is 9.99. The van der Waals surface area contributed by atoms with Crippen LogP contribution in [0.25, 0.3) is 0 Å². The van der Waals surface area contributed by atoms with Gasteiger partial charge in [-0.15, -0.1) is 0 Å². The third-order valence-corrected chi connectivity index (χ3v) is 4.75. The van der Waals surface area contributed by atoms with Gasteiger partial charge in [-0.1, -0.05) is 47.5 Å². The Hall–Kier alpha value is -1.02. The second-order valence-corrected chi connectivity index (χ2v) is 6.48. The molecule has 0 saturated carbocycles. The number of fused-ring (bicyclic) bond motifs is 1. The van der Waals surface area contributed by atoms with Gasteiger partial charge in [0.05, 0.1) is 0 Å². The van der Waals surface area contributed by atoms with Crippen LogP contribution < -0.4 is 0 Å². The molecule has 1 heterocycles. The molecule has 0 saturated heterocycles. The second kappa shape index (κ2) is 6.83. The van der Waals surface area contributed by atoms with E-state index in [1.807, 2.05) is 18.2 Å². The van der Waals surface area contributed by atoms with Crippen LogP contribution in [0.1, 0.15) is 23.1 Å². The Bertz CT molecular complexity index is 607. The third-order valence-electron chi connectivity index (χ3n) is 4.15. The summed E-state index contributed by atoms with van der Waals surface area (Å²) in [4.78, 5) is 2.50. The van der Waals surface area contributed by atoms with Crippen LogP contribution in [0.2, 0.25) is 10.0 Å². The monoisotopic (exact) mass is 319 g/mol. The molecule has 2 aromatic carbocycles. The van der Waals surface area contributed by atoms with Gasteiger partial charge in [0.25, 0.3) is 0 Å². The van der Waals surface area contributed by atoms with Crippen LogP contribution in [0.5, 0.6) is 0 Å². The molecule has 0 atom stereocenters. The topological polar surface area (TPSA) is 3.24 Å². The van der Waals surface area contributed by atoms with Gasteiger partial charge in [-0.2, -0.15) is 0 Å². The van der Waals surface area contributed by atoms with Crippen molar-refractivity contribution in [1.29, 1.82) is 0 Å². The summed E-state index contributed by atoms with van der Waals surface area (Å²) in [6.45, 7) is 3.23. The van der Waals surface area contributed by atoms with E-state index in [0.29, 0.717) is 0 Å². The van der Waals surface area contributed by atoms with Gasteiger partial charge in [-0.05, 0) is 60.7 Å². The fraction of sp³-hybridized carbons (Fsp3) is 0.333. The summed E-state index contributed by atoms with van der Waals surface area (Å²) in [5.41, 5.74) is 4.09. The van der Waals surface area contributed by atoms with Crippen molar-refractivity contribution in [2.45, 2.75) is 25.8 Å². The highest BCUT2D eigenvalue weighted by molar-refractivity contribution is 6.31. The average molecular weight is 320 g/mol. The summed E-state index contributed by atoms with van der Waals surface area (Å²) in [7, 11) is 0. The van der Waals surface area contributed by atoms with E-state index in [9.17, 15) is 0 Å². The van der Waals surface area contributed by atoms with Crippen molar-refractivity contribution in [1.82, 2.24) is 4.90 Å². The molecular formula is C18H19Cl2N. The predicted molar refractivity (Wildman–Crippen MR) is 90.2 cm³/mol. The van der Waals surface area contributed by atoms with Crippen molar-refractivity contribution in [3.05, 3.63) is 69.2 Å². The molecule has 0 aliphatic carbocycles. The molecule has 0 aromatic heterocycles. The van der Waals surface area contributed by atoms with Crippen molar-refractivity contribution in [3.63, 3.8) is 0 Å².